The second kappa shape index (κ2) is 13.3. The molecule has 1 amide bonds. The molecule has 31 heavy (non-hydrogen) atoms. The number of hydrogen-bond acceptors (Lipinski definition) is 3. The molecule has 2 aliphatic rings. The third-order valence-corrected chi connectivity index (χ3v) is 6.85. The minimum Gasteiger partial charge on any atom is -0.385 e. The summed E-state index contributed by atoms with van der Waals surface area (Å²) in [5, 5.41) is 6.64. The van der Waals surface area contributed by atoms with Gasteiger partial charge in [-0.2, -0.15) is 0 Å². The molecule has 0 radical (unpaired) electrons. The third kappa shape index (κ3) is 7.93. The molecule has 2 fully saturated rings. The van der Waals surface area contributed by atoms with E-state index in [1.54, 1.807) is 14.2 Å². The maximum Gasteiger partial charge on any atom is 0.241 e. The van der Waals surface area contributed by atoms with Gasteiger partial charge in [0.2, 0.25) is 5.91 Å². The van der Waals surface area contributed by atoms with Crippen molar-refractivity contribution >= 4 is 35.8 Å². The van der Waals surface area contributed by atoms with Crippen molar-refractivity contribution in [3.8, 4) is 0 Å². The molecule has 2 N–H and O–H groups in total. The van der Waals surface area contributed by atoms with E-state index in [9.17, 15) is 4.79 Å². The van der Waals surface area contributed by atoms with Crippen LogP contribution in [0.15, 0.2) is 35.3 Å². The van der Waals surface area contributed by atoms with Crippen LogP contribution in [-0.4, -0.2) is 63.7 Å². The molecular formula is C24H39IN4O2. The van der Waals surface area contributed by atoms with Crippen molar-refractivity contribution in [2.24, 2.45) is 16.3 Å². The molecular weight excluding hydrogens is 503 g/mol. The minimum absolute atomic E-state index is 0. The van der Waals surface area contributed by atoms with Crippen LogP contribution in [0.5, 0.6) is 0 Å². The Kier molecular flexibility index (Phi) is 11.1. The summed E-state index contributed by atoms with van der Waals surface area (Å²) in [7, 11) is 3.52. The first kappa shape index (κ1) is 25.9. The van der Waals surface area contributed by atoms with Gasteiger partial charge in [0.1, 0.15) is 0 Å². The fourth-order valence-electron chi connectivity index (χ4n) is 4.61. The van der Waals surface area contributed by atoms with Crippen LogP contribution in [-0.2, 0) is 16.0 Å². The van der Waals surface area contributed by atoms with E-state index in [0.717, 1.165) is 51.9 Å². The zero-order valence-electron chi connectivity index (χ0n) is 19.1. The predicted octanol–water partition coefficient (Wildman–Crippen LogP) is 3.46. The standard InChI is InChI=1S/C24H38N4O2.HI/c1-25-23(27-19-24(11-6-12-24)13-16-30-2)26-18-22(29)28-14-9-21(10-15-28)17-20-7-4-3-5-8-20;/h3-5,7-8,21H,6,9-19H2,1-2H3,(H2,25,26,27);1H. The average molecular weight is 543 g/mol. The van der Waals surface area contributed by atoms with E-state index in [2.05, 4.69) is 46.0 Å². The number of amides is 1. The zero-order chi connectivity index (χ0) is 21.2. The van der Waals surface area contributed by atoms with Crippen LogP contribution in [0.4, 0.5) is 0 Å². The Balaban J connectivity index is 0.00000341. The molecule has 0 spiro atoms. The van der Waals surface area contributed by atoms with Crippen LogP contribution < -0.4 is 10.6 Å². The molecule has 1 saturated carbocycles. The van der Waals surface area contributed by atoms with Gasteiger partial charge in [-0.1, -0.05) is 36.8 Å². The molecule has 0 aromatic heterocycles. The lowest BCUT2D eigenvalue weighted by Crippen LogP contribution is -2.50. The van der Waals surface area contributed by atoms with Gasteiger partial charge in [-0.15, -0.1) is 24.0 Å². The average Bonchev–Trinajstić information content (AvgIpc) is 2.75. The number of nitrogens with zero attached hydrogens (tertiary/aromatic N) is 2. The molecule has 0 unspecified atom stereocenters. The van der Waals surface area contributed by atoms with Gasteiger partial charge in [0.05, 0.1) is 6.54 Å². The number of carbonyl (C=O) groups excluding carboxylic acids is 1. The normalized spacial score (nSPS) is 18.6. The molecule has 1 aliphatic heterocycles. The molecule has 1 saturated heterocycles. The number of rotatable bonds is 9. The Labute approximate surface area is 204 Å². The van der Waals surface area contributed by atoms with E-state index in [0.29, 0.717) is 23.8 Å². The molecule has 0 bridgehead atoms. The lowest BCUT2D eigenvalue weighted by molar-refractivity contribution is -0.131. The molecule has 1 aromatic carbocycles. The Morgan fingerprint density at radius 3 is 2.48 bits per heavy atom. The fourth-order valence-corrected chi connectivity index (χ4v) is 4.61. The van der Waals surface area contributed by atoms with Crippen LogP contribution >= 0.6 is 24.0 Å². The Bertz CT molecular complexity index is 686. The van der Waals surface area contributed by atoms with Crippen molar-refractivity contribution in [3.05, 3.63) is 35.9 Å². The van der Waals surface area contributed by atoms with Crippen LogP contribution in [0.1, 0.15) is 44.1 Å². The van der Waals surface area contributed by atoms with E-state index >= 15 is 0 Å². The smallest absolute Gasteiger partial charge is 0.241 e. The molecule has 7 heteroatoms. The summed E-state index contributed by atoms with van der Waals surface area (Å²) in [6.45, 7) is 3.68. The van der Waals surface area contributed by atoms with Gasteiger partial charge < -0.3 is 20.3 Å². The van der Waals surface area contributed by atoms with Crippen LogP contribution in [0.3, 0.4) is 0 Å². The summed E-state index contributed by atoms with van der Waals surface area (Å²) in [5.74, 6) is 1.55. The van der Waals surface area contributed by atoms with Crippen LogP contribution in [0.2, 0.25) is 0 Å². The zero-order valence-corrected chi connectivity index (χ0v) is 21.4. The quantitative estimate of drug-likeness (QED) is 0.285. The number of hydrogen-bond donors (Lipinski definition) is 2. The second-order valence-electron chi connectivity index (χ2n) is 8.89. The van der Waals surface area contributed by atoms with Crippen molar-refractivity contribution in [1.29, 1.82) is 0 Å². The molecule has 6 nitrogen and oxygen atoms in total. The Hall–Kier alpha value is -1.35. The van der Waals surface area contributed by atoms with E-state index in [-0.39, 0.29) is 29.9 Å². The summed E-state index contributed by atoms with van der Waals surface area (Å²) < 4.78 is 5.27. The minimum atomic E-state index is 0. The van der Waals surface area contributed by atoms with Gasteiger partial charge in [0.25, 0.3) is 0 Å². The molecule has 1 aliphatic carbocycles. The monoisotopic (exact) mass is 542 g/mol. The highest BCUT2D eigenvalue weighted by atomic mass is 127. The highest BCUT2D eigenvalue weighted by Crippen LogP contribution is 2.43. The number of nitrogens with one attached hydrogen (secondary N) is 2. The van der Waals surface area contributed by atoms with Crippen molar-refractivity contribution < 1.29 is 9.53 Å². The van der Waals surface area contributed by atoms with Crippen molar-refractivity contribution in [2.45, 2.75) is 44.9 Å². The summed E-state index contributed by atoms with van der Waals surface area (Å²) >= 11 is 0. The SMILES string of the molecule is CN=C(NCC(=O)N1CCC(Cc2ccccc2)CC1)NCC1(CCOC)CCC1.I. The number of piperidine rings is 1. The van der Waals surface area contributed by atoms with E-state index in [1.165, 1.54) is 24.8 Å². The van der Waals surface area contributed by atoms with Crippen LogP contribution in [0.25, 0.3) is 0 Å². The molecule has 174 valence electrons. The van der Waals surface area contributed by atoms with Gasteiger partial charge >= 0.3 is 0 Å². The number of likely N-dealkylation sites (tertiary alicyclic amines) is 1. The molecule has 0 atom stereocenters. The Morgan fingerprint density at radius 1 is 1.19 bits per heavy atom. The van der Waals surface area contributed by atoms with Crippen molar-refractivity contribution in [1.82, 2.24) is 15.5 Å². The summed E-state index contributed by atoms with van der Waals surface area (Å²) in [6.07, 6.45) is 8.10. The Morgan fingerprint density at radius 2 is 1.90 bits per heavy atom. The highest BCUT2D eigenvalue weighted by Gasteiger charge is 2.36. The van der Waals surface area contributed by atoms with E-state index < -0.39 is 0 Å². The first-order chi connectivity index (χ1) is 14.6. The lowest BCUT2D eigenvalue weighted by atomic mass is 9.67. The van der Waals surface area contributed by atoms with Gasteiger partial charge in [0.15, 0.2) is 5.96 Å². The van der Waals surface area contributed by atoms with Crippen molar-refractivity contribution in [3.63, 3.8) is 0 Å². The largest absolute Gasteiger partial charge is 0.385 e. The van der Waals surface area contributed by atoms with Gasteiger partial charge in [-0.3, -0.25) is 9.79 Å². The second-order valence-corrected chi connectivity index (χ2v) is 8.89. The number of guanidine groups is 1. The number of halogens is 1. The highest BCUT2D eigenvalue weighted by molar-refractivity contribution is 14.0. The first-order valence-corrected chi connectivity index (χ1v) is 11.4. The summed E-state index contributed by atoms with van der Waals surface area (Å²) in [6, 6.07) is 10.7. The van der Waals surface area contributed by atoms with Gasteiger partial charge in [-0.25, -0.2) is 0 Å². The first-order valence-electron chi connectivity index (χ1n) is 11.4. The lowest BCUT2D eigenvalue weighted by Gasteiger charge is -2.42. The maximum absolute atomic E-state index is 12.7. The molecule has 3 rings (SSSR count). The number of methoxy groups -OCH3 is 1. The number of carbonyl (C=O) groups is 1. The third-order valence-electron chi connectivity index (χ3n) is 6.85. The number of aliphatic imine (C=N–C) groups is 1. The topological polar surface area (TPSA) is 66.0 Å². The van der Waals surface area contributed by atoms with E-state index in [1.807, 2.05) is 4.90 Å². The van der Waals surface area contributed by atoms with Gasteiger partial charge in [-0.05, 0) is 55.4 Å². The fraction of sp³-hybridized carbons (Fsp3) is 0.667. The number of benzene rings is 1. The van der Waals surface area contributed by atoms with Gasteiger partial charge in [0, 0.05) is 40.4 Å². The number of ether oxygens (including phenoxy) is 1. The molecule has 1 heterocycles. The van der Waals surface area contributed by atoms with Crippen LogP contribution in [0, 0.1) is 11.3 Å². The predicted molar refractivity (Wildman–Crippen MR) is 137 cm³/mol. The molecule has 1 aromatic rings. The van der Waals surface area contributed by atoms with Crippen molar-refractivity contribution in [2.75, 3.05) is 46.9 Å². The summed E-state index contributed by atoms with van der Waals surface area (Å²) in [4.78, 5) is 18.9. The maximum atomic E-state index is 12.7. The summed E-state index contributed by atoms with van der Waals surface area (Å²) in [5.41, 5.74) is 1.71. The van der Waals surface area contributed by atoms with E-state index in [4.69, 9.17) is 4.74 Å².